The third-order valence-electron chi connectivity index (χ3n) is 1.83. The van der Waals surface area contributed by atoms with Crippen LogP contribution in [0.15, 0.2) is 24.7 Å². The average Bonchev–Trinajstić information content (AvgIpc) is 2.26. The minimum Gasteiger partial charge on any atom is -0.473 e. The molecule has 0 aromatic carbocycles. The molecular formula is C12H24N2O. The molecule has 0 bridgehead atoms. The van der Waals surface area contributed by atoms with Crippen molar-refractivity contribution in [2.45, 2.75) is 26.7 Å². The topological polar surface area (TPSA) is 33.3 Å². The predicted octanol–water partition coefficient (Wildman–Crippen LogP) is 2.03. The molecule has 3 nitrogen and oxygen atoms in total. The van der Waals surface area contributed by atoms with E-state index in [0.717, 1.165) is 39.0 Å². The molecule has 0 radical (unpaired) electrons. The second-order valence-corrected chi connectivity index (χ2v) is 3.16. The van der Waals surface area contributed by atoms with Crippen LogP contribution in [0.2, 0.25) is 0 Å². The lowest BCUT2D eigenvalue weighted by molar-refractivity contribution is 0.398. The summed E-state index contributed by atoms with van der Waals surface area (Å²) in [5.41, 5.74) is 0. The molecular weight excluding hydrogens is 188 g/mol. The molecule has 0 aliphatic heterocycles. The first-order valence-electron chi connectivity index (χ1n) is 5.78. The van der Waals surface area contributed by atoms with Crippen LogP contribution in [0, 0.1) is 0 Å². The smallest absolute Gasteiger partial charge is 0.0861 e. The van der Waals surface area contributed by atoms with E-state index in [-0.39, 0.29) is 0 Å². The van der Waals surface area contributed by atoms with Gasteiger partial charge in [0.25, 0.3) is 0 Å². The summed E-state index contributed by atoms with van der Waals surface area (Å²) in [6.45, 7) is 8.29. The number of nitrogens with one attached hydrogen (secondary N) is 2. The van der Waals surface area contributed by atoms with Crippen LogP contribution in [0.1, 0.15) is 26.7 Å². The molecule has 0 atom stereocenters. The van der Waals surface area contributed by atoms with Crippen molar-refractivity contribution in [2.24, 2.45) is 0 Å². The van der Waals surface area contributed by atoms with E-state index in [9.17, 15) is 0 Å². The molecule has 0 saturated heterocycles. The summed E-state index contributed by atoms with van der Waals surface area (Å²) in [6, 6.07) is 0. The quantitative estimate of drug-likeness (QED) is 0.429. The van der Waals surface area contributed by atoms with Crippen LogP contribution in [0.5, 0.6) is 0 Å². The monoisotopic (exact) mass is 212 g/mol. The SMILES string of the molecule is CCNCCC=COC=CCCNCC. The van der Waals surface area contributed by atoms with Gasteiger partial charge in [-0.2, -0.15) is 0 Å². The first-order valence-corrected chi connectivity index (χ1v) is 5.78. The molecule has 0 aromatic rings. The molecule has 2 N–H and O–H groups in total. The molecule has 15 heavy (non-hydrogen) atoms. The lowest BCUT2D eigenvalue weighted by Gasteiger charge is -1.96. The summed E-state index contributed by atoms with van der Waals surface area (Å²) in [5, 5.41) is 6.48. The number of hydrogen-bond acceptors (Lipinski definition) is 3. The van der Waals surface area contributed by atoms with Crippen LogP contribution in [0.3, 0.4) is 0 Å². The largest absolute Gasteiger partial charge is 0.473 e. The van der Waals surface area contributed by atoms with Crippen molar-refractivity contribution in [2.75, 3.05) is 26.2 Å². The van der Waals surface area contributed by atoms with Crippen molar-refractivity contribution < 1.29 is 4.74 Å². The van der Waals surface area contributed by atoms with Crippen LogP contribution >= 0.6 is 0 Å². The Morgan fingerprint density at radius 2 is 1.33 bits per heavy atom. The van der Waals surface area contributed by atoms with Crippen molar-refractivity contribution in [1.29, 1.82) is 0 Å². The molecule has 0 rings (SSSR count). The fourth-order valence-electron chi connectivity index (χ4n) is 1.02. The average molecular weight is 212 g/mol. The standard InChI is InChI=1S/C12H24N2O/c1-3-13-9-5-7-11-15-12-8-6-10-14-4-2/h7-8,11-14H,3-6,9-10H2,1-2H3. The van der Waals surface area contributed by atoms with Gasteiger partial charge in [-0.25, -0.2) is 0 Å². The second kappa shape index (κ2) is 13.2. The summed E-state index contributed by atoms with van der Waals surface area (Å²) >= 11 is 0. The minimum absolute atomic E-state index is 1.01. The van der Waals surface area contributed by atoms with Crippen LogP contribution in [0.4, 0.5) is 0 Å². The summed E-state index contributed by atoms with van der Waals surface area (Å²) in [5.74, 6) is 0. The maximum Gasteiger partial charge on any atom is 0.0861 e. The lowest BCUT2D eigenvalue weighted by Crippen LogP contribution is -2.13. The van der Waals surface area contributed by atoms with E-state index in [1.54, 1.807) is 12.5 Å². The minimum atomic E-state index is 1.01. The first-order chi connectivity index (χ1) is 7.41. The highest BCUT2D eigenvalue weighted by atomic mass is 16.5. The van der Waals surface area contributed by atoms with E-state index in [4.69, 9.17) is 4.74 Å². The van der Waals surface area contributed by atoms with E-state index < -0.39 is 0 Å². The normalized spacial score (nSPS) is 11.6. The predicted molar refractivity (Wildman–Crippen MR) is 65.7 cm³/mol. The van der Waals surface area contributed by atoms with E-state index in [1.165, 1.54) is 0 Å². The highest BCUT2D eigenvalue weighted by Crippen LogP contribution is 1.86. The maximum absolute atomic E-state index is 5.18. The molecule has 88 valence electrons. The van der Waals surface area contributed by atoms with Crippen molar-refractivity contribution in [3.63, 3.8) is 0 Å². The molecule has 0 aliphatic rings. The first kappa shape index (κ1) is 14.2. The fraction of sp³-hybridized carbons (Fsp3) is 0.667. The van der Waals surface area contributed by atoms with Crippen LogP contribution in [-0.2, 0) is 4.74 Å². The molecule has 0 aliphatic carbocycles. The van der Waals surface area contributed by atoms with Crippen molar-refractivity contribution in [3.8, 4) is 0 Å². The third kappa shape index (κ3) is 13.2. The van der Waals surface area contributed by atoms with Crippen molar-refractivity contribution >= 4 is 0 Å². The van der Waals surface area contributed by atoms with Crippen molar-refractivity contribution in [1.82, 2.24) is 10.6 Å². The summed E-state index contributed by atoms with van der Waals surface area (Å²) in [4.78, 5) is 0. The Morgan fingerprint density at radius 1 is 0.867 bits per heavy atom. The Kier molecular flexibility index (Phi) is 12.5. The van der Waals surface area contributed by atoms with E-state index in [0.29, 0.717) is 0 Å². The van der Waals surface area contributed by atoms with Gasteiger partial charge in [-0.3, -0.25) is 0 Å². The molecule has 0 aromatic heterocycles. The zero-order valence-electron chi connectivity index (χ0n) is 9.96. The highest BCUT2D eigenvalue weighted by Gasteiger charge is 1.80. The molecule has 0 amide bonds. The zero-order chi connectivity index (χ0) is 11.2. The van der Waals surface area contributed by atoms with Gasteiger partial charge in [0.05, 0.1) is 12.5 Å². The Hall–Kier alpha value is -0.800. The lowest BCUT2D eigenvalue weighted by atomic mass is 10.4. The van der Waals surface area contributed by atoms with Crippen molar-refractivity contribution in [3.05, 3.63) is 24.7 Å². The second-order valence-electron chi connectivity index (χ2n) is 3.16. The molecule has 0 heterocycles. The zero-order valence-corrected chi connectivity index (χ0v) is 9.96. The van der Waals surface area contributed by atoms with Crippen LogP contribution < -0.4 is 10.6 Å². The number of ether oxygens (including phenoxy) is 1. The van der Waals surface area contributed by atoms with Gasteiger partial charge in [0.1, 0.15) is 0 Å². The number of rotatable bonds is 10. The molecule has 0 spiro atoms. The molecule has 3 heteroatoms. The van der Waals surface area contributed by atoms with Gasteiger partial charge in [0.2, 0.25) is 0 Å². The van der Waals surface area contributed by atoms with Crippen LogP contribution in [0.25, 0.3) is 0 Å². The van der Waals surface area contributed by atoms with Gasteiger partial charge in [0.15, 0.2) is 0 Å². The molecule has 0 saturated carbocycles. The summed E-state index contributed by atoms with van der Waals surface area (Å²) < 4.78 is 5.18. The Bertz CT molecular complexity index is 149. The fourth-order valence-corrected chi connectivity index (χ4v) is 1.02. The van der Waals surface area contributed by atoms with E-state index >= 15 is 0 Å². The third-order valence-corrected chi connectivity index (χ3v) is 1.83. The van der Waals surface area contributed by atoms with Gasteiger partial charge in [-0.05, 0) is 51.2 Å². The van der Waals surface area contributed by atoms with Gasteiger partial charge in [-0.1, -0.05) is 13.8 Å². The van der Waals surface area contributed by atoms with Gasteiger partial charge >= 0.3 is 0 Å². The number of hydrogen-bond donors (Lipinski definition) is 2. The van der Waals surface area contributed by atoms with E-state index in [1.807, 2.05) is 12.2 Å². The van der Waals surface area contributed by atoms with E-state index in [2.05, 4.69) is 24.5 Å². The molecule has 0 unspecified atom stereocenters. The van der Waals surface area contributed by atoms with Gasteiger partial charge in [0, 0.05) is 0 Å². The van der Waals surface area contributed by atoms with Gasteiger partial charge < -0.3 is 15.4 Å². The summed E-state index contributed by atoms with van der Waals surface area (Å²) in [7, 11) is 0. The Balaban J connectivity index is 3.14. The summed E-state index contributed by atoms with van der Waals surface area (Å²) in [6.07, 6.45) is 9.55. The molecule has 0 fully saturated rings. The van der Waals surface area contributed by atoms with Gasteiger partial charge in [-0.15, -0.1) is 0 Å². The maximum atomic E-state index is 5.18. The highest BCUT2D eigenvalue weighted by molar-refractivity contribution is 4.80. The Labute approximate surface area is 93.6 Å². The Morgan fingerprint density at radius 3 is 1.73 bits per heavy atom. The van der Waals surface area contributed by atoms with Crippen LogP contribution in [-0.4, -0.2) is 26.2 Å².